The lowest BCUT2D eigenvalue weighted by Gasteiger charge is -2.13. The van der Waals surface area contributed by atoms with Crippen molar-refractivity contribution in [1.82, 2.24) is 0 Å². The predicted molar refractivity (Wildman–Crippen MR) is 51.9 cm³/mol. The molecule has 0 saturated carbocycles. The number of hydrogen-bond acceptors (Lipinski definition) is 1. The van der Waals surface area contributed by atoms with Crippen LogP contribution in [0.3, 0.4) is 0 Å². The van der Waals surface area contributed by atoms with Crippen molar-refractivity contribution < 1.29 is 5.11 Å². The normalized spacial score (nSPS) is 24.5. The average Bonchev–Trinajstić information content (AvgIpc) is 2.16. The highest BCUT2D eigenvalue weighted by Crippen LogP contribution is 2.20. The smallest absolute Gasteiger partial charge is 0.0639 e. The zero-order valence-corrected chi connectivity index (χ0v) is 7.79. The molecule has 0 amide bonds. The monoisotopic (exact) mass is 166 g/mol. The maximum Gasteiger partial charge on any atom is 0.0639 e. The first-order valence-electron chi connectivity index (χ1n) is 4.76. The van der Waals surface area contributed by atoms with Crippen molar-refractivity contribution in [1.29, 1.82) is 0 Å². The van der Waals surface area contributed by atoms with Crippen LogP contribution in [-0.2, 0) is 0 Å². The van der Waals surface area contributed by atoms with E-state index in [1.54, 1.807) is 0 Å². The van der Waals surface area contributed by atoms with Gasteiger partial charge in [0.2, 0.25) is 0 Å². The summed E-state index contributed by atoms with van der Waals surface area (Å²) < 4.78 is 0. The molecule has 0 radical (unpaired) electrons. The molecule has 1 N–H and O–H groups in total. The van der Waals surface area contributed by atoms with Gasteiger partial charge in [0.25, 0.3) is 0 Å². The van der Waals surface area contributed by atoms with Crippen molar-refractivity contribution in [3.05, 3.63) is 23.8 Å². The van der Waals surface area contributed by atoms with Crippen molar-refractivity contribution in [3.63, 3.8) is 0 Å². The first kappa shape index (κ1) is 9.53. The Morgan fingerprint density at radius 3 is 3.08 bits per heavy atom. The standard InChI is InChI=1S/C11H18O/c1-10(9-12)7-8-11-5-3-2-4-6-11/h3,5,7,11-12H,2,4,6,8-9H2,1H3/b10-7-. The minimum Gasteiger partial charge on any atom is -0.392 e. The largest absolute Gasteiger partial charge is 0.392 e. The van der Waals surface area contributed by atoms with Crippen LogP contribution in [0.25, 0.3) is 0 Å². The van der Waals surface area contributed by atoms with Crippen LogP contribution in [0.2, 0.25) is 0 Å². The summed E-state index contributed by atoms with van der Waals surface area (Å²) in [6.07, 6.45) is 11.7. The molecule has 0 aromatic carbocycles. The third kappa shape index (κ3) is 3.22. The molecule has 0 heterocycles. The second kappa shape index (κ2) is 5.15. The first-order valence-corrected chi connectivity index (χ1v) is 4.76. The summed E-state index contributed by atoms with van der Waals surface area (Å²) in [5.41, 5.74) is 1.09. The van der Waals surface area contributed by atoms with Crippen molar-refractivity contribution in [2.24, 2.45) is 5.92 Å². The predicted octanol–water partition coefficient (Wildman–Crippen LogP) is 2.67. The number of aliphatic hydroxyl groups excluding tert-OH is 1. The van der Waals surface area contributed by atoms with Crippen LogP contribution in [0.15, 0.2) is 23.8 Å². The van der Waals surface area contributed by atoms with Gasteiger partial charge in [0.15, 0.2) is 0 Å². The molecule has 68 valence electrons. The quantitative estimate of drug-likeness (QED) is 0.639. The van der Waals surface area contributed by atoms with Crippen molar-refractivity contribution in [2.75, 3.05) is 6.61 Å². The molecule has 0 fully saturated rings. The van der Waals surface area contributed by atoms with Gasteiger partial charge in [-0.3, -0.25) is 0 Å². The van der Waals surface area contributed by atoms with Gasteiger partial charge in [0, 0.05) is 0 Å². The lowest BCUT2D eigenvalue weighted by Crippen LogP contribution is -1.99. The fourth-order valence-electron chi connectivity index (χ4n) is 1.50. The van der Waals surface area contributed by atoms with Gasteiger partial charge in [0.1, 0.15) is 0 Å². The molecule has 0 saturated heterocycles. The van der Waals surface area contributed by atoms with E-state index in [0.29, 0.717) is 0 Å². The van der Waals surface area contributed by atoms with Crippen LogP contribution < -0.4 is 0 Å². The molecular weight excluding hydrogens is 148 g/mol. The van der Waals surface area contributed by atoms with Crippen LogP contribution >= 0.6 is 0 Å². The van der Waals surface area contributed by atoms with Crippen molar-refractivity contribution in [3.8, 4) is 0 Å². The maximum absolute atomic E-state index is 8.78. The molecule has 1 nitrogen and oxygen atoms in total. The fraction of sp³-hybridized carbons (Fsp3) is 0.636. The van der Waals surface area contributed by atoms with Crippen molar-refractivity contribution in [2.45, 2.75) is 32.6 Å². The Bertz CT molecular complexity index is 179. The van der Waals surface area contributed by atoms with E-state index in [9.17, 15) is 0 Å². The molecule has 0 bridgehead atoms. The van der Waals surface area contributed by atoms with E-state index in [0.717, 1.165) is 17.9 Å². The van der Waals surface area contributed by atoms with Gasteiger partial charge in [-0.15, -0.1) is 0 Å². The summed E-state index contributed by atoms with van der Waals surface area (Å²) in [4.78, 5) is 0. The molecule has 1 atom stereocenters. The zero-order chi connectivity index (χ0) is 8.81. The molecule has 1 rings (SSSR count). The minimum atomic E-state index is 0.205. The summed E-state index contributed by atoms with van der Waals surface area (Å²) in [7, 11) is 0. The van der Waals surface area contributed by atoms with Gasteiger partial charge in [-0.05, 0) is 38.5 Å². The van der Waals surface area contributed by atoms with Crippen LogP contribution in [0.5, 0.6) is 0 Å². The molecule has 0 aliphatic heterocycles. The van der Waals surface area contributed by atoms with Crippen LogP contribution in [0.1, 0.15) is 32.6 Å². The Morgan fingerprint density at radius 2 is 2.50 bits per heavy atom. The highest BCUT2D eigenvalue weighted by Gasteiger charge is 2.05. The highest BCUT2D eigenvalue weighted by atomic mass is 16.3. The van der Waals surface area contributed by atoms with Gasteiger partial charge in [-0.1, -0.05) is 23.8 Å². The summed E-state index contributed by atoms with van der Waals surface area (Å²) in [5, 5.41) is 8.78. The summed E-state index contributed by atoms with van der Waals surface area (Å²) in [5.74, 6) is 0.722. The first-order chi connectivity index (χ1) is 5.83. The third-order valence-corrected chi connectivity index (χ3v) is 2.37. The fourth-order valence-corrected chi connectivity index (χ4v) is 1.50. The number of allylic oxidation sites excluding steroid dienone is 3. The van der Waals surface area contributed by atoms with Crippen molar-refractivity contribution >= 4 is 0 Å². The van der Waals surface area contributed by atoms with E-state index in [1.165, 1.54) is 19.3 Å². The van der Waals surface area contributed by atoms with Crippen LogP contribution in [-0.4, -0.2) is 11.7 Å². The van der Waals surface area contributed by atoms with Gasteiger partial charge in [0.05, 0.1) is 6.61 Å². The number of rotatable bonds is 3. The Balaban J connectivity index is 2.30. The lowest BCUT2D eigenvalue weighted by molar-refractivity contribution is 0.330. The van der Waals surface area contributed by atoms with E-state index in [-0.39, 0.29) is 6.61 Å². The van der Waals surface area contributed by atoms with E-state index < -0.39 is 0 Å². The third-order valence-electron chi connectivity index (χ3n) is 2.37. The second-order valence-electron chi connectivity index (χ2n) is 3.56. The average molecular weight is 166 g/mol. The minimum absolute atomic E-state index is 0.205. The Kier molecular flexibility index (Phi) is 4.09. The molecular formula is C11H18O. The Morgan fingerprint density at radius 1 is 1.67 bits per heavy atom. The lowest BCUT2D eigenvalue weighted by atomic mass is 9.92. The molecule has 1 unspecified atom stereocenters. The molecule has 0 aromatic heterocycles. The van der Waals surface area contributed by atoms with E-state index in [2.05, 4.69) is 18.2 Å². The number of hydrogen-bond donors (Lipinski definition) is 1. The highest BCUT2D eigenvalue weighted by molar-refractivity contribution is 5.02. The van der Waals surface area contributed by atoms with Gasteiger partial charge in [-0.25, -0.2) is 0 Å². The van der Waals surface area contributed by atoms with Crippen LogP contribution in [0, 0.1) is 5.92 Å². The van der Waals surface area contributed by atoms with E-state index in [1.807, 2.05) is 6.92 Å². The molecule has 0 spiro atoms. The zero-order valence-electron chi connectivity index (χ0n) is 7.79. The maximum atomic E-state index is 8.78. The molecule has 1 aliphatic rings. The van der Waals surface area contributed by atoms with E-state index in [4.69, 9.17) is 5.11 Å². The van der Waals surface area contributed by atoms with Gasteiger partial charge < -0.3 is 5.11 Å². The molecule has 1 aliphatic carbocycles. The summed E-state index contributed by atoms with van der Waals surface area (Å²) >= 11 is 0. The molecule has 1 heteroatoms. The molecule has 0 aromatic rings. The Hall–Kier alpha value is -0.560. The SMILES string of the molecule is C/C(=C/CC1C=CCCC1)CO. The summed E-state index contributed by atoms with van der Waals surface area (Å²) in [6.45, 7) is 2.18. The molecule has 12 heavy (non-hydrogen) atoms. The van der Waals surface area contributed by atoms with E-state index >= 15 is 0 Å². The van der Waals surface area contributed by atoms with Gasteiger partial charge in [-0.2, -0.15) is 0 Å². The second-order valence-corrected chi connectivity index (χ2v) is 3.56. The topological polar surface area (TPSA) is 20.2 Å². The number of aliphatic hydroxyl groups is 1. The van der Waals surface area contributed by atoms with Gasteiger partial charge >= 0.3 is 0 Å². The summed E-state index contributed by atoms with van der Waals surface area (Å²) in [6, 6.07) is 0. The Labute approximate surface area is 74.8 Å². The van der Waals surface area contributed by atoms with Crippen LogP contribution in [0.4, 0.5) is 0 Å².